The summed E-state index contributed by atoms with van der Waals surface area (Å²) in [5.41, 5.74) is 1.70. The third-order valence-corrected chi connectivity index (χ3v) is 6.21. The fourth-order valence-corrected chi connectivity index (χ4v) is 4.30. The molecule has 156 valence electrons. The van der Waals surface area contributed by atoms with Gasteiger partial charge in [-0.25, -0.2) is 9.48 Å². The van der Waals surface area contributed by atoms with Gasteiger partial charge in [0.1, 0.15) is 5.82 Å². The number of hydrogen-bond acceptors (Lipinski definition) is 3. The van der Waals surface area contributed by atoms with Gasteiger partial charge in [0.2, 0.25) is 0 Å². The fraction of sp³-hybridized carbons (Fsp3) is 0.348. The van der Waals surface area contributed by atoms with E-state index in [0.29, 0.717) is 31.7 Å². The number of piperidine rings is 1. The van der Waals surface area contributed by atoms with Crippen molar-refractivity contribution in [2.24, 2.45) is 0 Å². The molecule has 2 aromatic carbocycles. The third-order valence-electron chi connectivity index (χ3n) is 5.68. The molecule has 30 heavy (non-hydrogen) atoms. The zero-order valence-corrected chi connectivity index (χ0v) is 18.6. The monoisotopic (exact) mass is 468 g/mol. The largest absolute Gasteiger partial charge is 0.346 e. The van der Waals surface area contributed by atoms with Crippen LogP contribution in [0, 0.1) is 0 Å². The van der Waals surface area contributed by atoms with Crippen LogP contribution < -0.4 is 5.69 Å². The van der Waals surface area contributed by atoms with Crippen molar-refractivity contribution in [2.45, 2.75) is 38.8 Å². The van der Waals surface area contributed by atoms with E-state index < -0.39 is 0 Å². The summed E-state index contributed by atoms with van der Waals surface area (Å²) >= 11 is 3.40. The molecule has 4 rings (SSSR count). The lowest BCUT2D eigenvalue weighted by molar-refractivity contribution is 0.0710. The molecule has 1 aromatic heterocycles. The van der Waals surface area contributed by atoms with Crippen molar-refractivity contribution >= 4 is 21.8 Å². The van der Waals surface area contributed by atoms with Crippen LogP contribution >= 0.6 is 15.9 Å². The van der Waals surface area contributed by atoms with Crippen LogP contribution in [0.2, 0.25) is 0 Å². The van der Waals surface area contributed by atoms with Crippen molar-refractivity contribution in [1.29, 1.82) is 0 Å². The van der Waals surface area contributed by atoms with Gasteiger partial charge in [-0.05, 0) is 49.6 Å². The first-order valence-electron chi connectivity index (χ1n) is 10.3. The molecular formula is C23H25BrN4O2. The van der Waals surface area contributed by atoms with Gasteiger partial charge in [0, 0.05) is 35.6 Å². The van der Waals surface area contributed by atoms with Crippen LogP contribution in [-0.4, -0.2) is 38.2 Å². The van der Waals surface area contributed by atoms with Gasteiger partial charge in [-0.2, -0.15) is 5.10 Å². The predicted molar refractivity (Wildman–Crippen MR) is 120 cm³/mol. The Hall–Kier alpha value is -2.67. The molecule has 1 aliphatic rings. The number of nitrogens with zero attached hydrogens (tertiary/aromatic N) is 4. The molecule has 0 unspecified atom stereocenters. The Labute approximate surface area is 184 Å². The van der Waals surface area contributed by atoms with Gasteiger partial charge < -0.3 is 4.90 Å². The average molecular weight is 469 g/mol. The molecule has 1 amide bonds. The van der Waals surface area contributed by atoms with E-state index >= 15 is 0 Å². The Balaban J connectivity index is 1.47. The van der Waals surface area contributed by atoms with E-state index in [9.17, 15) is 9.59 Å². The Morgan fingerprint density at radius 3 is 2.37 bits per heavy atom. The summed E-state index contributed by atoms with van der Waals surface area (Å²) in [4.78, 5) is 27.5. The SMILES string of the molecule is CCn1c(C2CCN(C(=O)c3ccc(Br)cc3)CC2)nn(Cc2ccccc2)c1=O. The lowest BCUT2D eigenvalue weighted by atomic mass is 9.95. The van der Waals surface area contributed by atoms with E-state index in [4.69, 9.17) is 5.10 Å². The molecule has 0 bridgehead atoms. The van der Waals surface area contributed by atoms with Crippen LogP contribution in [0.1, 0.15) is 47.4 Å². The first-order valence-corrected chi connectivity index (χ1v) is 11.1. The molecule has 7 heteroatoms. The first kappa shape index (κ1) is 20.6. The quantitative estimate of drug-likeness (QED) is 0.570. The molecule has 0 atom stereocenters. The number of rotatable bonds is 5. The lowest BCUT2D eigenvalue weighted by Crippen LogP contribution is -2.38. The van der Waals surface area contributed by atoms with E-state index in [-0.39, 0.29) is 17.5 Å². The molecule has 0 radical (unpaired) electrons. The maximum atomic E-state index is 12.8. The third kappa shape index (κ3) is 4.26. The second-order valence-corrected chi connectivity index (χ2v) is 8.52. The average Bonchev–Trinajstić information content (AvgIpc) is 3.09. The Morgan fingerprint density at radius 1 is 1.07 bits per heavy atom. The zero-order valence-electron chi connectivity index (χ0n) is 17.0. The minimum Gasteiger partial charge on any atom is -0.339 e. The Kier molecular flexibility index (Phi) is 6.18. The number of aromatic nitrogens is 3. The molecule has 1 aliphatic heterocycles. The van der Waals surface area contributed by atoms with Crippen LogP contribution in [-0.2, 0) is 13.1 Å². The van der Waals surface area contributed by atoms with Crippen molar-refractivity contribution in [2.75, 3.05) is 13.1 Å². The van der Waals surface area contributed by atoms with Crippen molar-refractivity contribution in [3.05, 3.63) is 86.5 Å². The molecule has 0 N–H and O–H groups in total. The molecule has 1 fully saturated rings. The fourth-order valence-electron chi connectivity index (χ4n) is 4.03. The van der Waals surface area contributed by atoms with Crippen molar-refractivity contribution in [3.8, 4) is 0 Å². The van der Waals surface area contributed by atoms with Crippen LogP contribution in [0.5, 0.6) is 0 Å². The lowest BCUT2D eigenvalue weighted by Gasteiger charge is -2.31. The summed E-state index contributed by atoms with van der Waals surface area (Å²) in [6.45, 7) is 4.39. The minimum absolute atomic E-state index is 0.0587. The van der Waals surface area contributed by atoms with Gasteiger partial charge in [-0.1, -0.05) is 46.3 Å². The summed E-state index contributed by atoms with van der Waals surface area (Å²) in [6.07, 6.45) is 1.62. The highest BCUT2D eigenvalue weighted by atomic mass is 79.9. The highest BCUT2D eigenvalue weighted by Gasteiger charge is 2.28. The molecule has 1 saturated heterocycles. The van der Waals surface area contributed by atoms with E-state index in [1.807, 2.05) is 66.4 Å². The number of halogens is 1. The summed E-state index contributed by atoms with van der Waals surface area (Å²) < 4.78 is 4.30. The molecule has 0 spiro atoms. The summed E-state index contributed by atoms with van der Waals surface area (Å²) in [7, 11) is 0. The Bertz CT molecular complexity index is 1060. The maximum absolute atomic E-state index is 12.8. The number of hydrogen-bond donors (Lipinski definition) is 0. The van der Waals surface area contributed by atoms with Crippen molar-refractivity contribution < 1.29 is 4.79 Å². The molecule has 0 saturated carbocycles. The predicted octanol–water partition coefficient (Wildman–Crippen LogP) is 3.90. The zero-order chi connectivity index (χ0) is 21.1. The topological polar surface area (TPSA) is 60.1 Å². The van der Waals surface area contributed by atoms with Crippen molar-refractivity contribution in [3.63, 3.8) is 0 Å². The summed E-state index contributed by atoms with van der Waals surface area (Å²) in [5.74, 6) is 1.08. The molecule has 2 heterocycles. The normalized spacial score (nSPS) is 14.8. The van der Waals surface area contributed by atoms with E-state index in [1.165, 1.54) is 0 Å². The van der Waals surface area contributed by atoms with Crippen LogP contribution in [0.15, 0.2) is 63.9 Å². The second kappa shape index (κ2) is 9.00. The smallest absolute Gasteiger partial charge is 0.339 e. The first-order chi connectivity index (χ1) is 14.6. The van der Waals surface area contributed by atoms with Crippen LogP contribution in [0.25, 0.3) is 0 Å². The number of carbonyl (C=O) groups excluding carboxylic acids is 1. The van der Waals surface area contributed by atoms with E-state index in [1.54, 1.807) is 9.25 Å². The van der Waals surface area contributed by atoms with Crippen LogP contribution in [0.3, 0.4) is 0 Å². The Morgan fingerprint density at radius 2 is 1.73 bits per heavy atom. The van der Waals surface area contributed by atoms with Gasteiger partial charge in [0.15, 0.2) is 0 Å². The minimum atomic E-state index is -0.0651. The van der Waals surface area contributed by atoms with Crippen LogP contribution in [0.4, 0.5) is 0 Å². The molecule has 0 aliphatic carbocycles. The number of likely N-dealkylation sites (tertiary alicyclic amines) is 1. The molecular weight excluding hydrogens is 444 g/mol. The number of benzene rings is 2. The standard InChI is InChI=1S/C23H25BrN4O2/c1-2-27-21(25-28(23(27)30)16-17-6-4-3-5-7-17)18-12-14-26(15-13-18)22(29)19-8-10-20(24)11-9-19/h3-11,18H,2,12-16H2,1H3. The summed E-state index contributed by atoms with van der Waals surface area (Å²) in [6, 6.07) is 17.4. The van der Waals surface area contributed by atoms with E-state index in [0.717, 1.165) is 28.7 Å². The van der Waals surface area contributed by atoms with E-state index in [2.05, 4.69) is 15.9 Å². The highest BCUT2D eigenvalue weighted by molar-refractivity contribution is 9.10. The number of carbonyl (C=O) groups is 1. The second-order valence-electron chi connectivity index (χ2n) is 7.60. The van der Waals surface area contributed by atoms with Gasteiger partial charge in [0.05, 0.1) is 6.54 Å². The van der Waals surface area contributed by atoms with Gasteiger partial charge in [-0.15, -0.1) is 0 Å². The van der Waals surface area contributed by atoms with Gasteiger partial charge >= 0.3 is 5.69 Å². The number of amides is 1. The molecule has 6 nitrogen and oxygen atoms in total. The van der Waals surface area contributed by atoms with Crippen molar-refractivity contribution in [1.82, 2.24) is 19.2 Å². The summed E-state index contributed by atoms with van der Waals surface area (Å²) in [5, 5.41) is 4.70. The van der Waals surface area contributed by atoms with Gasteiger partial charge in [0.25, 0.3) is 5.91 Å². The maximum Gasteiger partial charge on any atom is 0.346 e. The molecule has 3 aromatic rings. The van der Waals surface area contributed by atoms with Gasteiger partial charge in [-0.3, -0.25) is 9.36 Å². The highest BCUT2D eigenvalue weighted by Crippen LogP contribution is 2.27.